The number of aliphatic carboxylic acids is 1. The van der Waals surface area contributed by atoms with E-state index in [-0.39, 0.29) is 18.6 Å². The van der Waals surface area contributed by atoms with E-state index in [1.165, 1.54) is 7.11 Å². The third kappa shape index (κ3) is 2.81. The van der Waals surface area contributed by atoms with Gasteiger partial charge in [0.2, 0.25) is 5.91 Å². The van der Waals surface area contributed by atoms with Crippen molar-refractivity contribution in [1.29, 1.82) is 0 Å². The first-order valence-electron chi connectivity index (χ1n) is 6.37. The van der Waals surface area contributed by atoms with E-state index in [0.29, 0.717) is 18.9 Å². The van der Waals surface area contributed by atoms with Crippen molar-refractivity contribution in [2.24, 2.45) is 5.92 Å². The molecule has 2 N–H and O–H groups in total. The highest BCUT2D eigenvalue weighted by molar-refractivity contribution is 5.77. The lowest BCUT2D eigenvalue weighted by Gasteiger charge is -2.43. The molecule has 0 aliphatic carbocycles. The molecule has 0 aromatic rings. The summed E-state index contributed by atoms with van der Waals surface area (Å²) in [6, 6.07) is -0.354. The van der Waals surface area contributed by atoms with Crippen LogP contribution in [0.25, 0.3) is 0 Å². The van der Waals surface area contributed by atoms with Gasteiger partial charge in [0.05, 0.1) is 6.61 Å². The maximum Gasteiger partial charge on any atom is 0.323 e. The Morgan fingerprint density at radius 1 is 1.61 bits per heavy atom. The minimum absolute atomic E-state index is 0.122. The summed E-state index contributed by atoms with van der Waals surface area (Å²) in [5.41, 5.74) is 0. The van der Waals surface area contributed by atoms with Crippen LogP contribution in [-0.4, -0.2) is 60.8 Å². The van der Waals surface area contributed by atoms with Crippen LogP contribution in [0.2, 0.25) is 0 Å². The van der Waals surface area contributed by atoms with Crippen molar-refractivity contribution in [1.82, 2.24) is 10.2 Å². The number of likely N-dealkylation sites (tertiary alicyclic amines) is 1. The Morgan fingerprint density at radius 2 is 2.39 bits per heavy atom. The second kappa shape index (κ2) is 5.67. The number of piperidine rings is 2. The molecule has 2 rings (SSSR count). The van der Waals surface area contributed by atoms with E-state index >= 15 is 0 Å². The van der Waals surface area contributed by atoms with Crippen molar-refractivity contribution in [2.75, 3.05) is 26.8 Å². The molecule has 1 amide bonds. The number of hydrogen-bond acceptors (Lipinski definition) is 4. The Bertz CT molecular complexity index is 334. The summed E-state index contributed by atoms with van der Waals surface area (Å²) in [5.74, 6) is -0.346. The summed E-state index contributed by atoms with van der Waals surface area (Å²) in [7, 11) is 1.52. The van der Waals surface area contributed by atoms with Crippen LogP contribution in [0.1, 0.15) is 19.3 Å². The van der Waals surface area contributed by atoms with Crippen LogP contribution >= 0.6 is 0 Å². The number of nitrogens with zero attached hydrogens (tertiary/aromatic N) is 1. The topological polar surface area (TPSA) is 78.9 Å². The average Bonchev–Trinajstić information content (AvgIpc) is 2.35. The van der Waals surface area contributed by atoms with E-state index in [1.54, 1.807) is 0 Å². The minimum atomic E-state index is -0.838. The summed E-state index contributed by atoms with van der Waals surface area (Å²) < 4.78 is 4.98. The number of carboxylic acids is 1. The number of methoxy groups -OCH3 is 1. The summed E-state index contributed by atoms with van der Waals surface area (Å²) in [5, 5.41) is 12.2. The van der Waals surface area contributed by atoms with Crippen LogP contribution in [-0.2, 0) is 14.3 Å². The number of rotatable bonds is 4. The fraction of sp³-hybridized carbons (Fsp3) is 0.833. The molecular weight excluding hydrogens is 236 g/mol. The lowest BCUT2D eigenvalue weighted by atomic mass is 9.84. The fourth-order valence-corrected chi connectivity index (χ4v) is 2.91. The van der Waals surface area contributed by atoms with Crippen molar-refractivity contribution >= 4 is 11.9 Å². The van der Waals surface area contributed by atoms with Crippen molar-refractivity contribution in [2.45, 2.75) is 31.3 Å². The molecule has 2 heterocycles. The van der Waals surface area contributed by atoms with E-state index < -0.39 is 12.0 Å². The number of fused-ring (bicyclic) bond motifs is 1. The first kappa shape index (κ1) is 13.3. The van der Waals surface area contributed by atoms with Crippen molar-refractivity contribution in [3.8, 4) is 0 Å². The second-order valence-electron chi connectivity index (χ2n) is 5.07. The van der Waals surface area contributed by atoms with Crippen LogP contribution < -0.4 is 5.32 Å². The molecule has 3 atom stereocenters. The monoisotopic (exact) mass is 256 g/mol. The zero-order valence-corrected chi connectivity index (χ0v) is 10.6. The van der Waals surface area contributed by atoms with Crippen molar-refractivity contribution in [3.05, 3.63) is 0 Å². The molecule has 102 valence electrons. The Kier molecular flexibility index (Phi) is 4.19. The smallest absolute Gasteiger partial charge is 0.323 e. The third-order valence-electron chi connectivity index (χ3n) is 3.90. The molecule has 2 saturated heterocycles. The first-order chi connectivity index (χ1) is 8.61. The number of carbonyl (C=O) groups excluding carboxylic acids is 1. The molecule has 3 unspecified atom stereocenters. The van der Waals surface area contributed by atoms with E-state index in [2.05, 4.69) is 5.32 Å². The third-order valence-corrected chi connectivity index (χ3v) is 3.90. The SMILES string of the molecule is COCC(C(=O)O)N1CCC2NC(=O)CCC2C1. The van der Waals surface area contributed by atoms with Gasteiger partial charge in [0.25, 0.3) is 0 Å². The average molecular weight is 256 g/mol. The van der Waals surface area contributed by atoms with Gasteiger partial charge in [-0.05, 0) is 18.8 Å². The predicted molar refractivity (Wildman–Crippen MR) is 64.1 cm³/mol. The summed E-state index contributed by atoms with van der Waals surface area (Å²) >= 11 is 0. The molecule has 0 aromatic heterocycles. The second-order valence-corrected chi connectivity index (χ2v) is 5.07. The molecule has 2 aliphatic heterocycles. The van der Waals surface area contributed by atoms with Gasteiger partial charge in [0, 0.05) is 32.7 Å². The molecule has 0 aromatic carbocycles. The molecule has 0 spiro atoms. The molecule has 0 radical (unpaired) electrons. The van der Waals surface area contributed by atoms with Gasteiger partial charge in [-0.3, -0.25) is 14.5 Å². The van der Waals surface area contributed by atoms with Crippen LogP contribution in [0, 0.1) is 5.92 Å². The fourth-order valence-electron chi connectivity index (χ4n) is 2.91. The highest BCUT2D eigenvalue weighted by Gasteiger charge is 2.37. The van der Waals surface area contributed by atoms with Crippen LogP contribution in [0.15, 0.2) is 0 Å². The molecule has 2 aliphatic rings. The van der Waals surface area contributed by atoms with E-state index in [1.807, 2.05) is 4.90 Å². The number of ether oxygens (including phenoxy) is 1. The molecule has 18 heavy (non-hydrogen) atoms. The Hall–Kier alpha value is -1.14. The number of amides is 1. The molecule has 0 bridgehead atoms. The van der Waals surface area contributed by atoms with Crippen LogP contribution in [0.4, 0.5) is 0 Å². The van der Waals surface area contributed by atoms with Crippen LogP contribution in [0.3, 0.4) is 0 Å². The van der Waals surface area contributed by atoms with Gasteiger partial charge in [0.1, 0.15) is 6.04 Å². The Morgan fingerprint density at radius 3 is 3.06 bits per heavy atom. The number of hydrogen-bond donors (Lipinski definition) is 2. The number of carbonyl (C=O) groups is 2. The summed E-state index contributed by atoms with van der Waals surface area (Å²) in [4.78, 5) is 24.5. The summed E-state index contributed by atoms with van der Waals surface area (Å²) in [6.07, 6.45) is 2.23. The predicted octanol–water partition coefficient (Wildman–Crippen LogP) is -0.313. The lowest BCUT2D eigenvalue weighted by molar-refractivity contribution is -0.147. The maximum atomic E-state index is 11.3. The quantitative estimate of drug-likeness (QED) is 0.721. The van der Waals surface area contributed by atoms with Crippen LogP contribution in [0.5, 0.6) is 0 Å². The zero-order valence-electron chi connectivity index (χ0n) is 10.6. The molecule has 6 nitrogen and oxygen atoms in total. The van der Waals surface area contributed by atoms with Crippen molar-refractivity contribution < 1.29 is 19.4 Å². The van der Waals surface area contributed by atoms with Gasteiger partial charge in [-0.1, -0.05) is 0 Å². The van der Waals surface area contributed by atoms with Gasteiger partial charge in [-0.25, -0.2) is 0 Å². The highest BCUT2D eigenvalue weighted by Crippen LogP contribution is 2.26. The largest absolute Gasteiger partial charge is 0.480 e. The van der Waals surface area contributed by atoms with E-state index in [4.69, 9.17) is 4.74 Å². The number of nitrogens with one attached hydrogen (secondary N) is 1. The summed E-state index contributed by atoms with van der Waals surface area (Å²) in [6.45, 7) is 1.63. The first-order valence-corrected chi connectivity index (χ1v) is 6.37. The maximum absolute atomic E-state index is 11.3. The number of carboxylic acid groups (broad SMARTS) is 1. The van der Waals surface area contributed by atoms with Gasteiger partial charge in [0.15, 0.2) is 0 Å². The van der Waals surface area contributed by atoms with Gasteiger partial charge >= 0.3 is 5.97 Å². The van der Waals surface area contributed by atoms with E-state index in [0.717, 1.165) is 19.4 Å². The highest BCUT2D eigenvalue weighted by atomic mass is 16.5. The Labute approximate surface area is 106 Å². The van der Waals surface area contributed by atoms with Gasteiger partial charge < -0.3 is 15.2 Å². The minimum Gasteiger partial charge on any atom is -0.480 e. The van der Waals surface area contributed by atoms with E-state index in [9.17, 15) is 14.7 Å². The van der Waals surface area contributed by atoms with Crippen molar-refractivity contribution in [3.63, 3.8) is 0 Å². The normalized spacial score (nSPS) is 30.4. The molecular formula is C12H20N2O4. The lowest BCUT2D eigenvalue weighted by Crippen LogP contribution is -2.57. The van der Waals surface area contributed by atoms with Gasteiger partial charge in [-0.2, -0.15) is 0 Å². The standard InChI is InChI=1S/C12H20N2O4/c1-18-7-10(12(16)17)14-5-4-9-8(6-14)2-3-11(15)13-9/h8-10H,2-7H2,1H3,(H,13,15)(H,16,17). The molecule has 2 fully saturated rings. The zero-order chi connectivity index (χ0) is 13.1. The molecule has 0 saturated carbocycles. The molecule has 6 heteroatoms. The van der Waals surface area contributed by atoms with Gasteiger partial charge in [-0.15, -0.1) is 0 Å². The Balaban J connectivity index is 1.97.